The number of likely N-dealkylation sites (tertiary alicyclic amines) is 1. The largest absolute Gasteiger partial charge is 0.394 e. The minimum Gasteiger partial charge on any atom is -0.394 e. The molecule has 0 amide bonds. The Bertz CT molecular complexity index is 1700. The Balaban J connectivity index is 1.29. The highest BCUT2D eigenvalue weighted by Crippen LogP contribution is 2.44. The van der Waals surface area contributed by atoms with E-state index in [4.69, 9.17) is 4.74 Å². The zero-order chi connectivity index (χ0) is 32.9. The molecule has 2 aliphatic heterocycles. The van der Waals surface area contributed by atoms with E-state index in [9.17, 15) is 17.9 Å². The number of ether oxygens (including phenoxy) is 1. The standard InChI is InChI=1S/C32H46FN7O4SSi/c1-31(2,21-41)38-14-12-32(18-38)19-39(20-32)45(42,43)30-36-29(40(37-30)22-44-15-16-46(3,4)5)35-28-25-8-6-7-23(25)9-10-26(28)24-11-13-34-27(33)17-24/h9-11,13,17,41H,6-8,12,14-16,18-22H2,1-5H3,(H,35,36,37). The molecule has 3 aliphatic rings. The van der Waals surface area contributed by atoms with Crippen LogP contribution in [0.5, 0.6) is 0 Å². The van der Waals surface area contributed by atoms with Crippen molar-refractivity contribution in [2.45, 2.75) is 82.6 Å². The Kier molecular flexibility index (Phi) is 8.91. The van der Waals surface area contributed by atoms with Crippen LogP contribution in [0.1, 0.15) is 37.8 Å². The molecule has 2 saturated heterocycles. The van der Waals surface area contributed by atoms with Crippen LogP contribution in [0.15, 0.2) is 35.6 Å². The van der Waals surface area contributed by atoms with Gasteiger partial charge in [-0.15, -0.1) is 5.10 Å². The third-order valence-corrected chi connectivity index (χ3v) is 13.0. The van der Waals surface area contributed by atoms with E-state index >= 15 is 0 Å². The molecule has 11 nitrogen and oxygen atoms in total. The fourth-order valence-electron chi connectivity index (χ4n) is 6.67. The van der Waals surface area contributed by atoms with Crippen LogP contribution in [-0.4, -0.2) is 95.5 Å². The average Bonchev–Trinajstić information content (AvgIpc) is 3.73. The lowest BCUT2D eigenvalue weighted by Crippen LogP contribution is -2.60. The molecule has 1 aromatic carbocycles. The average molecular weight is 672 g/mol. The fourth-order valence-corrected chi connectivity index (χ4v) is 8.95. The Morgan fingerprint density at radius 1 is 1.15 bits per heavy atom. The Hall–Kier alpha value is -2.75. The number of aliphatic hydroxyl groups excluding tert-OH is 1. The first-order valence-electron chi connectivity index (χ1n) is 16.1. The van der Waals surface area contributed by atoms with Gasteiger partial charge in [0, 0.05) is 63.1 Å². The van der Waals surface area contributed by atoms with Gasteiger partial charge in [-0.25, -0.2) is 18.1 Å². The maximum atomic E-state index is 14.2. The number of nitrogens with one attached hydrogen (secondary N) is 1. The van der Waals surface area contributed by atoms with Gasteiger partial charge in [-0.2, -0.15) is 13.7 Å². The monoisotopic (exact) mass is 671 g/mol. The number of nitrogens with zero attached hydrogens (tertiary/aromatic N) is 6. The molecule has 3 aromatic rings. The van der Waals surface area contributed by atoms with Gasteiger partial charge in [-0.05, 0) is 74.9 Å². The molecule has 1 aliphatic carbocycles. The number of aliphatic hydroxyl groups is 1. The lowest BCUT2D eigenvalue weighted by Gasteiger charge is -2.47. The van der Waals surface area contributed by atoms with Crippen molar-refractivity contribution in [1.82, 2.24) is 29.0 Å². The minimum absolute atomic E-state index is 0.0404. The second-order valence-corrected chi connectivity index (χ2v) is 22.4. The van der Waals surface area contributed by atoms with Crippen molar-refractivity contribution in [3.63, 3.8) is 0 Å². The van der Waals surface area contributed by atoms with E-state index in [0.29, 0.717) is 25.3 Å². The molecule has 2 fully saturated rings. The number of hydrogen-bond donors (Lipinski definition) is 2. The summed E-state index contributed by atoms with van der Waals surface area (Å²) in [6.07, 6.45) is 5.08. The third-order valence-electron chi connectivity index (χ3n) is 9.69. The number of hydrogen-bond acceptors (Lipinski definition) is 9. The van der Waals surface area contributed by atoms with Crippen molar-refractivity contribution >= 4 is 29.7 Å². The number of fused-ring (bicyclic) bond motifs is 1. The summed E-state index contributed by atoms with van der Waals surface area (Å²) in [6.45, 7) is 13.8. The number of pyridine rings is 1. The van der Waals surface area contributed by atoms with Gasteiger partial charge in [0.15, 0.2) is 0 Å². The van der Waals surface area contributed by atoms with E-state index in [1.807, 2.05) is 19.9 Å². The Labute approximate surface area is 272 Å². The van der Waals surface area contributed by atoms with E-state index in [2.05, 4.69) is 51.0 Å². The van der Waals surface area contributed by atoms with Gasteiger partial charge in [0.2, 0.25) is 11.9 Å². The zero-order valence-corrected chi connectivity index (χ0v) is 29.3. The normalized spacial score (nSPS) is 18.7. The molecule has 0 atom stereocenters. The van der Waals surface area contributed by atoms with Gasteiger partial charge < -0.3 is 15.2 Å². The van der Waals surface area contributed by atoms with Gasteiger partial charge in [0.25, 0.3) is 15.2 Å². The molecule has 6 rings (SSSR count). The van der Waals surface area contributed by atoms with E-state index in [-0.39, 0.29) is 35.4 Å². The first kappa shape index (κ1) is 33.2. The highest BCUT2D eigenvalue weighted by molar-refractivity contribution is 7.89. The molecule has 0 radical (unpaired) electrons. The second-order valence-electron chi connectivity index (χ2n) is 15.0. The zero-order valence-electron chi connectivity index (χ0n) is 27.5. The van der Waals surface area contributed by atoms with Crippen molar-refractivity contribution in [2.24, 2.45) is 5.41 Å². The predicted molar refractivity (Wildman–Crippen MR) is 178 cm³/mol. The van der Waals surface area contributed by atoms with Crippen LogP contribution in [0.2, 0.25) is 25.7 Å². The van der Waals surface area contributed by atoms with Crippen LogP contribution in [-0.2, 0) is 34.3 Å². The molecule has 14 heteroatoms. The molecule has 1 spiro atoms. The van der Waals surface area contributed by atoms with E-state index in [0.717, 1.165) is 61.6 Å². The van der Waals surface area contributed by atoms with Crippen molar-refractivity contribution < 1.29 is 22.7 Å². The Morgan fingerprint density at radius 3 is 2.65 bits per heavy atom. The molecule has 250 valence electrons. The molecule has 2 aromatic heterocycles. The quantitative estimate of drug-likeness (QED) is 0.163. The molecule has 0 bridgehead atoms. The van der Waals surface area contributed by atoms with Crippen molar-refractivity contribution in [2.75, 3.05) is 44.7 Å². The van der Waals surface area contributed by atoms with Gasteiger partial charge in [-0.1, -0.05) is 31.8 Å². The molecular weight excluding hydrogens is 626 g/mol. The summed E-state index contributed by atoms with van der Waals surface area (Å²) >= 11 is 0. The van der Waals surface area contributed by atoms with Crippen molar-refractivity contribution in [3.8, 4) is 11.1 Å². The lowest BCUT2D eigenvalue weighted by atomic mass is 9.81. The van der Waals surface area contributed by atoms with Crippen molar-refractivity contribution in [1.29, 1.82) is 0 Å². The summed E-state index contributed by atoms with van der Waals surface area (Å²) in [5.41, 5.74) is 4.03. The molecule has 0 saturated carbocycles. The summed E-state index contributed by atoms with van der Waals surface area (Å²) < 4.78 is 51.0. The highest BCUT2D eigenvalue weighted by Gasteiger charge is 2.54. The summed E-state index contributed by atoms with van der Waals surface area (Å²) in [4.78, 5) is 10.5. The SMILES string of the molecule is CC(C)(CO)N1CCC2(C1)CN(S(=O)(=O)c1nc(Nc3c(-c4ccnc(F)c4)ccc4c3CCC4)n(COCC[Si](C)(C)C)n1)C2. The minimum atomic E-state index is -3.98. The number of anilines is 2. The molecule has 0 unspecified atom stereocenters. The van der Waals surface area contributed by atoms with Crippen LogP contribution < -0.4 is 5.32 Å². The molecule has 46 heavy (non-hydrogen) atoms. The van der Waals surface area contributed by atoms with Crippen LogP contribution >= 0.6 is 0 Å². The summed E-state index contributed by atoms with van der Waals surface area (Å²) in [5, 5.41) is 17.5. The molecular formula is C32H46FN7O4SSi. The van der Waals surface area contributed by atoms with Crippen LogP contribution in [0.25, 0.3) is 11.1 Å². The van der Waals surface area contributed by atoms with E-state index < -0.39 is 24.0 Å². The number of sulfonamides is 1. The fraction of sp³-hybridized carbons (Fsp3) is 0.594. The van der Waals surface area contributed by atoms with Gasteiger partial charge in [0.05, 0.1) is 12.3 Å². The maximum absolute atomic E-state index is 14.2. The molecule has 4 heterocycles. The van der Waals surface area contributed by atoms with E-state index in [1.54, 1.807) is 6.07 Å². The maximum Gasteiger partial charge on any atom is 0.284 e. The number of rotatable bonds is 12. The molecule has 2 N–H and O–H groups in total. The lowest BCUT2D eigenvalue weighted by molar-refractivity contribution is 0.0340. The van der Waals surface area contributed by atoms with Crippen molar-refractivity contribution in [3.05, 3.63) is 47.5 Å². The van der Waals surface area contributed by atoms with Gasteiger partial charge in [0.1, 0.15) is 6.73 Å². The van der Waals surface area contributed by atoms with Crippen LogP contribution in [0.4, 0.5) is 16.0 Å². The summed E-state index contributed by atoms with van der Waals surface area (Å²) in [6, 6.07) is 8.16. The first-order valence-corrected chi connectivity index (χ1v) is 21.3. The van der Waals surface area contributed by atoms with Gasteiger partial charge in [-0.3, -0.25) is 4.90 Å². The number of benzene rings is 1. The summed E-state index contributed by atoms with van der Waals surface area (Å²) in [5.74, 6) is -0.316. The smallest absolute Gasteiger partial charge is 0.284 e. The van der Waals surface area contributed by atoms with Gasteiger partial charge >= 0.3 is 0 Å². The number of aromatic nitrogens is 4. The predicted octanol–water partition coefficient (Wildman–Crippen LogP) is 4.49. The first-order chi connectivity index (χ1) is 21.7. The van der Waals surface area contributed by atoms with Crippen LogP contribution in [0.3, 0.4) is 0 Å². The van der Waals surface area contributed by atoms with E-state index in [1.165, 1.54) is 26.8 Å². The number of halogens is 1. The topological polar surface area (TPSA) is 126 Å². The number of aryl methyl sites for hydroxylation is 1. The summed E-state index contributed by atoms with van der Waals surface area (Å²) in [7, 11) is -5.32. The second kappa shape index (κ2) is 12.4. The van der Waals surface area contributed by atoms with Crippen LogP contribution in [0, 0.1) is 11.4 Å². The highest BCUT2D eigenvalue weighted by atomic mass is 32.2. The Morgan fingerprint density at radius 2 is 1.93 bits per heavy atom. The third kappa shape index (κ3) is 6.65.